The molecule has 2 rings (SSSR count). The number of rotatable bonds is 1. The number of para-hydroxylation sites is 1. The van der Waals surface area contributed by atoms with Crippen molar-refractivity contribution in [3.8, 4) is 5.75 Å². The van der Waals surface area contributed by atoms with Crippen molar-refractivity contribution < 1.29 is 9.84 Å². The zero-order valence-corrected chi connectivity index (χ0v) is 7.53. The van der Waals surface area contributed by atoms with Crippen LogP contribution < -0.4 is 4.74 Å². The summed E-state index contributed by atoms with van der Waals surface area (Å²) >= 11 is 0. The molecule has 2 heteroatoms. The maximum atomic E-state index is 9.35. The number of ether oxygens (including phenoxy) is 1. The lowest BCUT2D eigenvalue weighted by atomic mass is 10.0. The average molecular weight is 176 g/mol. The Labute approximate surface area is 77.5 Å². The van der Waals surface area contributed by atoms with E-state index in [1.54, 1.807) is 6.92 Å². The lowest BCUT2D eigenvalue weighted by Gasteiger charge is -2.19. The number of aliphatic hydroxyl groups is 1. The van der Waals surface area contributed by atoms with Gasteiger partial charge in [-0.05, 0) is 24.6 Å². The molecule has 13 heavy (non-hydrogen) atoms. The molecule has 0 saturated heterocycles. The highest BCUT2D eigenvalue weighted by Gasteiger charge is 2.13. The van der Waals surface area contributed by atoms with Crippen LogP contribution in [0.25, 0.3) is 6.08 Å². The molecule has 0 fully saturated rings. The zero-order chi connectivity index (χ0) is 9.26. The summed E-state index contributed by atoms with van der Waals surface area (Å²) in [7, 11) is 0. The lowest BCUT2D eigenvalue weighted by molar-refractivity contribution is 0.209. The van der Waals surface area contributed by atoms with E-state index in [-0.39, 0.29) is 0 Å². The van der Waals surface area contributed by atoms with Gasteiger partial charge in [0.1, 0.15) is 12.4 Å². The first-order valence-electron chi connectivity index (χ1n) is 4.38. The summed E-state index contributed by atoms with van der Waals surface area (Å²) in [4.78, 5) is 0. The second kappa shape index (κ2) is 3.23. The van der Waals surface area contributed by atoms with E-state index >= 15 is 0 Å². The Bertz CT molecular complexity index is 340. The molecule has 0 aliphatic carbocycles. The molecule has 1 atom stereocenters. The van der Waals surface area contributed by atoms with Gasteiger partial charge in [-0.1, -0.05) is 18.2 Å². The largest absolute Gasteiger partial charge is 0.489 e. The molecule has 2 nitrogen and oxygen atoms in total. The normalized spacial score (nSPS) is 16.9. The molecule has 1 aromatic rings. The van der Waals surface area contributed by atoms with Crippen LogP contribution in [0.15, 0.2) is 29.8 Å². The van der Waals surface area contributed by atoms with Gasteiger partial charge >= 0.3 is 0 Å². The molecule has 0 bridgehead atoms. The van der Waals surface area contributed by atoms with Gasteiger partial charge in [-0.15, -0.1) is 0 Å². The molecule has 0 aromatic heterocycles. The van der Waals surface area contributed by atoms with E-state index in [9.17, 15) is 5.11 Å². The number of hydrogen-bond acceptors (Lipinski definition) is 2. The van der Waals surface area contributed by atoms with Crippen LogP contribution in [0.4, 0.5) is 0 Å². The number of benzene rings is 1. The van der Waals surface area contributed by atoms with Crippen molar-refractivity contribution >= 4 is 6.08 Å². The van der Waals surface area contributed by atoms with Gasteiger partial charge in [0, 0.05) is 5.56 Å². The van der Waals surface area contributed by atoms with E-state index in [0.29, 0.717) is 6.61 Å². The summed E-state index contributed by atoms with van der Waals surface area (Å²) in [5, 5.41) is 9.35. The van der Waals surface area contributed by atoms with Crippen LogP contribution in [0.5, 0.6) is 5.75 Å². The molecule has 0 spiro atoms. The molecular weight excluding hydrogens is 164 g/mol. The molecule has 1 heterocycles. The summed E-state index contributed by atoms with van der Waals surface area (Å²) in [6.07, 6.45) is 1.57. The van der Waals surface area contributed by atoms with Crippen molar-refractivity contribution in [2.75, 3.05) is 6.61 Å². The Morgan fingerprint density at radius 2 is 2.15 bits per heavy atom. The molecule has 1 aliphatic heterocycles. The smallest absolute Gasteiger partial charge is 0.127 e. The molecule has 0 unspecified atom stereocenters. The first-order valence-corrected chi connectivity index (χ1v) is 4.38. The van der Waals surface area contributed by atoms with E-state index in [2.05, 4.69) is 0 Å². The van der Waals surface area contributed by atoms with E-state index in [1.165, 1.54) is 0 Å². The molecular formula is C11H12O2. The molecule has 0 amide bonds. The van der Waals surface area contributed by atoms with E-state index in [1.807, 2.05) is 30.3 Å². The van der Waals surface area contributed by atoms with Gasteiger partial charge in [0.15, 0.2) is 0 Å². The summed E-state index contributed by atoms with van der Waals surface area (Å²) in [6.45, 7) is 2.25. The first kappa shape index (κ1) is 8.32. The van der Waals surface area contributed by atoms with Crippen molar-refractivity contribution in [1.82, 2.24) is 0 Å². The van der Waals surface area contributed by atoms with Crippen molar-refractivity contribution in [2.45, 2.75) is 13.0 Å². The standard InChI is InChI=1S/C11H12O2/c1-8(12)10-6-9-4-2-3-5-11(9)13-7-10/h2-6,8,12H,7H2,1H3/t8-/m1/s1. The van der Waals surface area contributed by atoms with Gasteiger partial charge in [-0.25, -0.2) is 0 Å². The van der Waals surface area contributed by atoms with Gasteiger partial charge in [0.25, 0.3) is 0 Å². The van der Waals surface area contributed by atoms with Crippen molar-refractivity contribution in [3.63, 3.8) is 0 Å². The Morgan fingerprint density at radius 1 is 1.38 bits per heavy atom. The van der Waals surface area contributed by atoms with Crippen LogP contribution in [-0.2, 0) is 0 Å². The van der Waals surface area contributed by atoms with Crippen molar-refractivity contribution in [1.29, 1.82) is 0 Å². The third kappa shape index (κ3) is 1.58. The maximum Gasteiger partial charge on any atom is 0.127 e. The molecule has 1 N–H and O–H groups in total. The second-order valence-corrected chi connectivity index (χ2v) is 3.22. The van der Waals surface area contributed by atoms with Gasteiger partial charge in [-0.3, -0.25) is 0 Å². The van der Waals surface area contributed by atoms with Crippen molar-refractivity contribution in [3.05, 3.63) is 35.4 Å². The molecule has 68 valence electrons. The van der Waals surface area contributed by atoms with Crippen LogP contribution in [0.2, 0.25) is 0 Å². The molecule has 0 saturated carbocycles. The predicted molar refractivity (Wildman–Crippen MR) is 51.6 cm³/mol. The van der Waals surface area contributed by atoms with Gasteiger partial charge in [0.2, 0.25) is 0 Å². The maximum absolute atomic E-state index is 9.35. The topological polar surface area (TPSA) is 29.5 Å². The molecule has 0 radical (unpaired) electrons. The molecule has 1 aromatic carbocycles. The highest BCUT2D eigenvalue weighted by atomic mass is 16.5. The third-order valence-corrected chi connectivity index (χ3v) is 2.19. The van der Waals surface area contributed by atoms with E-state index in [0.717, 1.165) is 16.9 Å². The highest BCUT2D eigenvalue weighted by Crippen LogP contribution is 2.26. The third-order valence-electron chi connectivity index (χ3n) is 2.19. The number of hydrogen-bond donors (Lipinski definition) is 1. The van der Waals surface area contributed by atoms with Gasteiger partial charge in [-0.2, -0.15) is 0 Å². The van der Waals surface area contributed by atoms with Crippen LogP contribution in [-0.4, -0.2) is 17.8 Å². The second-order valence-electron chi connectivity index (χ2n) is 3.22. The SMILES string of the molecule is C[C@@H](O)C1=Cc2ccccc2OC1. The first-order chi connectivity index (χ1) is 6.27. The number of fused-ring (bicyclic) bond motifs is 1. The minimum absolute atomic E-state index is 0.423. The summed E-state index contributed by atoms with van der Waals surface area (Å²) < 4.78 is 5.47. The van der Waals surface area contributed by atoms with Crippen LogP contribution >= 0.6 is 0 Å². The highest BCUT2D eigenvalue weighted by molar-refractivity contribution is 5.62. The quantitative estimate of drug-likeness (QED) is 0.707. The van der Waals surface area contributed by atoms with Gasteiger partial charge in [0.05, 0.1) is 6.10 Å². The minimum Gasteiger partial charge on any atom is -0.489 e. The Hall–Kier alpha value is -1.28. The Balaban J connectivity index is 2.38. The summed E-state index contributed by atoms with van der Waals surface area (Å²) in [5.41, 5.74) is 1.98. The zero-order valence-electron chi connectivity index (χ0n) is 7.53. The summed E-state index contributed by atoms with van der Waals surface area (Å²) in [6, 6.07) is 7.82. The fourth-order valence-corrected chi connectivity index (χ4v) is 1.37. The van der Waals surface area contributed by atoms with Crippen LogP contribution in [0.1, 0.15) is 12.5 Å². The summed E-state index contributed by atoms with van der Waals surface area (Å²) in [5.74, 6) is 0.895. The fourth-order valence-electron chi connectivity index (χ4n) is 1.37. The van der Waals surface area contributed by atoms with Crippen LogP contribution in [0.3, 0.4) is 0 Å². The average Bonchev–Trinajstić information content (AvgIpc) is 2.17. The minimum atomic E-state index is -0.423. The Morgan fingerprint density at radius 3 is 2.92 bits per heavy atom. The monoisotopic (exact) mass is 176 g/mol. The number of aliphatic hydroxyl groups excluding tert-OH is 1. The Kier molecular flexibility index (Phi) is 2.07. The predicted octanol–water partition coefficient (Wildman–Crippen LogP) is 1.84. The fraction of sp³-hybridized carbons (Fsp3) is 0.273. The molecule has 1 aliphatic rings. The van der Waals surface area contributed by atoms with E-state index in [4.69, 9.17) is 4.74 Å². The van der Waals surface area contributed by atoms with E-state index < -0.39 is 6.10 Å². The van der Waals surface area contributed by atoms with Gasteiger partial charge < -0.3 is 9.84 Å². The lowest BCUT2D eigenvalue weighted by Crippen LogP contribution is -2.16. The van der Waals surface area contributed by atoms with Crippen LogP contribution in [0, 0.1) is 0 Å². The van der Waals surface area contributed by atoms with Crippen molar-refractivity contribution in [2.24, 2.45) is 0 Å².